The van der Waals surface area contributed by atoms with Gasteiger partial charge in [0.1, 0.15) is 5.69 Å². The number of aromatic carboxylic acids is 1. The van der Waals surface area contributed by atoms with E-state index in [1.807, 2.05) is 0 Å². The van der Waals surface area contributed by atoms with Gasteiger partial charge < -0.3 is 5.11 Å². The molecule has 0 amide bonds. The number of rotatable bonds is 3. The number of hydrogen-bond donors (Lipinski definition) is 1. The quantitative estimate of drug-likeness (QED) is 0.721. The first-order valence-electron chi connectivity index (χ1n) is 5.72. The van der Waals surface area contributed by atoms with Gasteiger partial charge in [0.2, 0.25) is 0 Å². The van der Waals surface area contributed by atoms with E-state index >= 15 is 0 Å². The van der Waals surface area contributed by atoms with Crippen molar-refractivity contribution in [1.82, 2.24) is 24.1 Å². The monoisotopic (exact) mass is 271 g/mol. The summed E-state index contributed by atoms with van der Waals surface area (Å²) < 4.78 is 2.62. The molecule has 0 aromatic carbocycles. The van der Waals surface area contributed by atoms with Crippen LogP contribution in [0, 0.1) is 0 Å². The molecule has 0 aliphatic carbocycles. The second kappa shape index (κ2) is 4.57. The smallest absolute Gasteiger partial charge is 0.354 e. The third kappa shape index (κ3) is 2.03. The molecule has 0 aliphatic heterocycles. The largest absolute Gasteiger partial charge is 0.477 e. The second-order valence-corrected chi connectivity index (χ2v) is 4.10. The number of carboxylic acids is 1. The number of fused-ring (bicyclic) bond motifs is 1. The van der Waals surface area contributed by atoms with Crippen LogP contribution >= 0.6 is 0 Å². The summed E-state index contributed by atoms with van der Waals surface area (Å²) in [5.41, 5.74) is 0.693. The molecule has 1 N–H and O–H groups in total. The van der Waals surface area contributed by atoms with Crippen LogP contribution in [-0.4, -0.2) is 35.2 Å². The zero-order valence-corrected chi connectivity index (χ0v) is 10.2. The number of nitrogens with zero attached hydrogens (tertiary/aromatic N) is 5. The molecule has 0 unspecified atom stereocenters. The molecule has 8 nitrogen and oxygen atoms in total. The summed E-state index contributed by atoms with van der Waals surface area (Å²) in [7, 11) is 0. The predicted octanol–water partition coefficient (Wildman–Crippen LogP) is 0.0325. The highest BCUT2D eigenvalue weighted by molar-refractivity contribution is 5.85. The van der Waals surface area contributed by atoms with Crippen molar-refractivity contribution in [2.24, 2.45) is 0 Å². The highest BCUT2D eigenvalue weighted by Crippen LogP contribution is 2.04. The molecule has 20 heavy (non-hydrogen) atoms. The topological polar surface area (TPSA) is 102 Å². The van der Waals surface area contributed by atoms with Crippen molar-refractivity contribution in [3.8, 4) is 0 Å². The minimum atomic E-state index is -1.11. The van der Waals surface area contributed by atoms with Crippen molar-refractivity contribution >= 4 is 11.6 Å². The lowest BCUT2D eigenvalue weighted by molar-refractivity contribution is 0.0690. The molecule has 0 radical (unpaired) electrons. The highest BCUT2D eigenvalue weighted by Gasteiger charge is 2.09. The average Bonchev–Trinajstić information content (AvgIpc) is 2.76. The lowest BCUT2D eigenvalue weighted by atomic mass is 10.2. The van der Waals surface area contributed by atoms with Crippen LogP contribution in [0.2, 0.25) is 0 Å². The molecule has 3 aromatic heterocycles. The summed E-state index contributed by atoms with van der Waals surface area (Å²) in [5.74, 6) is -1.11. The molecular weight excluding hydrogens is 262 g/mol. The fourth-order valence-electron chi connectivity index (χ4n) is 1.85. The first-order chi connectivity index (χ1) is 9.65. The van der Waals surface area contributed by atoms with Gasteiger partial charge in [0.15, 0.2) is 5.65 Å². The average molecular weight is 271 g/mol. The van der Waals surface area contributed by atoms with Crippen LogP contribution in [0.3, 0.4) is 0 Å². The Kier molecular flexibility index (Phi) is 2.75. The van der Waals surface area contributed by atoms with Crippen molar-refractivity contribution < 1.29 is 9.90 Å². The maximum Gasteiger partial charge on any atom is 0.354 e. The van der Waals surface area contributed by atoms with E-state index in [0.29, 0.717) is 11.2 Å². The van der Waals surface area contributed by atoms with E-state index in [9.17, 15) is 9.59 Å². The van der Waals surface area contributed by atoms with E-state index in [2.05, 4.69) is 15.1 Å². The summed E-state index contributed by atoms with van der Waals surface area (Å²) in [6, 6.07) is 3.05. The summed E-state index contributed by atoms with van der Waals surface area (Å²) in [6.07, 6.45) is 5.89. The summed E-state index contributed by atoms with van der Waals surface area (Å²) >= 11 is 0. The normalized spacial score (nSPS) is 10.8. The summed E-state index contributed by atoms with van der Waals surface area (Å²) in [4.78, 5) is 30.5. The Morgan fingerprint density at radius 3 is 2.95 bits per heavy atom. The highest BCUT2D eigenvalue weighted by atomic mass is 16.4. The van der Waals surface area contributed by atoms with E-state index in [4.69, 9.17) is 5.11 Å². The fourth-order valence-corrected chi connectivity index (χ4v) is 1.85. The van der Waals surface area contributed by atoms with Crippen molar-refractivity contribution in [3.05, 3.63) is 58.7 Å². The molecule has 0 spiro atoms. The van der Waals surface area contributed by atoms with Gasteiger partial charge in [-0.25, -0.2) is 23.7 Å². The fraction of sp³-hybridized carbons (Fsp3) is 0.0833. The molecule has 3 rings (SSSR count). The molecule has 0 atom stereocenters. The first-order valence-corrected chi connectivity index (χ1v) is 5.72. The van der Waals surface area contributed by atoms with Crippen LogP contribution in [-0.2, 0) is 6.54 Å². The molecule has 0 aliphatic rings. The van der Waals surface area contributed by atoms with Crippen LogP contribution in [0.1, 0.15) is 16.1 Å². The van der Waals surface area contributed by atoms with Gasteiger partial charge in [-0.3, -0.25) is 4.98 Å². The summed E-state index contributed by atoms with van der Waals surface area (Å²) in [6.45, 7) is 0.170. The van der Waals surface area contributed by atoms with Crippen LogP contribution in [0.4, 0.5) is 0 Å². The SMILES string of the molecule is O=C(O)c1cc(Cn2nc3cnccn3c2=O)ccn1. The van der Waals surface area contributed by atoms with Gasteiger partial charge in [-0.2, -0.15) is 0 Å². The van der Waals surface area contributed by atoms with Gasteiger partial charge in [-0.1, -0.05) is 0 Å². The zero-order chi connectivity index (χ0) is 14.1. The Balaban J connectivity index is 2.01. The third-order valence-corrected chi connectivity index (χ3v) is 2.76. The van der Waals surface area contributed by atoms with Crippen molar-refractivity contribution in [1.29, 1.82) is 0 Å². The molecular formula is C12H9N5O3. The molecule has 3 aromatic rings. The maximum absolute atomic E-state index is 12.1. The van der Waals surface area contributed by atoms with E-state index in [1.165, 1.54) is 39.9 Å². The molecule has 3 heterocycles. The van der Waals surface area contributed by atoms with Crippen molar-refractivity contribution in [3.63, 3.8) is 0 Å². The van der Waals surface area contributed by atoms with Gasteiger partial charge in [-0.05, 0) is 17.7 Å². The second-order valence-electron chi connectivity index (χ2n) is 4.10. The van der Waals surface area contributed by atoms with Crippen LogP contribution in [0.15, 0.2) is 41.7 Å². The van der Waals surface area contributed by atoms with E-state index in [0.717, 1.165) is 0 Å². The minimum Gasteiger partial charge on any atom is -0.477 e. The molecule has 0 bridgehead atoms. The first kappa shape index (κ1) is 12.0. The van der Waals surface area contributed by atoms with Gasteiger partial charge in [0.25, 0.3) is 0 Å². The third-order valence-electron chi connectivity index (χ3n) is 2.76. The zero-order valence-electron chi connectivity index (χ0n) is 10.2. The molecule has 8 heteroatoms. The number of aromatic nitrogens is 5. The Morgan fingerprint density at radius 1 is 1.35 bits per heavy atom. The van der Waals surface area contributed by atoms with E-state index in [-0.39, 0.29) is 17.9 Å². The van der Waals surface area contributed by atoms with Crippen molar-refractivity contribution in [2.75, 3.05) is 0 Å². The number of carboxylic acid groups (broad SMARTS) is 1. The Bertz CT molecular complexity index is 851. The Morgan fingerprint density at radius 2 is 2.20 bits per heavy atom. The lowest BCUT2D eigenvalue weighted by Gasteiger charge is -2.01. The van der Waals surface area contributed by atoms with Crippen LogP contribution < -0.4 is 5.69 Å². The minimum absolute atomic E-state index is 0.0685. The maximum atomic E-state index is 12.1. The van der Waals surface area contributed by atoms with Gasteiger partial charge in [-0.15, -0.1) is 5.10 Å². The standard InChI is InChI=1S/C12H9N5O3/c18-11(19)9-5-8(1-2-14-9)7-17-12(20)16-4-3-13-6-10(16)15-17/h1-6H,7H2,(H,18,19). The predicted molar refractivity (Wildman–Crippen MR) is 67.5 cm³/mol. The summed E-state index contributed by atoms with van der Waals surface area (Å²) in [5, 5.41) is 13.0. The molecule has 0 fully saturated rings. The van der Waals surface area contributed by atoms with Crippen LogP contribution in [0.25, 0.3) is 5.65 Å². The van der Waals surface area contributed by atoms with E-state index in [1.54, 1.807) is 6.07 Å². The lowest BCUT2D eigenvalue weighted by Crippen LogP contribution is -2.21. The Labute approximate surface area is 112 Å². The number of hydrogen-bond acceptors (Lipinski definition) is 5. The number of pyridine rings is 1. The number of carbonyl (C=O) groups is 1. The molecule has 100 valence electrons. The van der Waals surface area contributed by atoms with Crippen molar-refractivity contribution in [2.45, 2.75) is 6.54 Å². The van der Waals surface area contributed by atoms with Crippen LogP contribution in [0.5, 0.6) is 0 Å². The Hall–Kier alpha value is -3.03. The molecule has 0 saturated heterocycles. The van der Waals surface area contributed by atoms with Gasteiger partial charge in [0, 0.05) is 18.6 Å². The van der Waals surface area contributed by atoms with Gasteiger partial charge in [0.05, 0.1) is 12.7 Å². The van der Waals surface area contributed by atoms with E-state index < -0.39 is 5.97 Å². The molecule has 0 saturated carbocycles. The van der Waals surface area contributed by atoms with Gasteiger partial charge >= 0.3 is 11.7 Å².